The maximum absolute atomic E-state index is 13.9. The molecular formula is C30H29N9O. The molecule has 2 aromatic carbocycles. The number of pyridine rings is 1. The minimum atomic E-state index is -0.250. The maximum atomic E-state index is 13.9. The molecule has 1 aliphatic heterocycles. The number of fused-ring (bicyclic) bond motifs is 4. The number of likely N-dealkylation sites (N-methyl/N-ethyl adjacent to an activating group) is 1. The number of nitrogens with one attached hydrogen (secondary N) is 1. The summed E-state index contributed by atoms with van der Waals surface area (Å²) in [6.07, 6.45) is 3.27. The predicted octanol–water partition coefficient (Wildman–Crippen LogP) is 4.09. The Kier molecular flexibility index (Phi) is 5.71. The van der Waals surface area contributed by atoms with E-state index >= 15 is 0 Å². The van der Waals surface area contributed by atoms with Crippen LogP contribution in [0.1, 0.15) is 11.1 Å². The van der Waals surface area contributed by atoms with Crippen LogP contribution in [-0.2, 0) is 0 Å². The number of aryl methyl sites for hydroxylation is 2. The first-order chi connectivity index (χ1) is 19.5. The van der Waals surface area contributed by atoms with Gasteiger partial charge in [-0.15, -0.1) is 0 Å². The van der Waals surface area contributed by atoms with Crippen molar-refractivity contribution in [3.63, 3.8) is 0 Å². The molecule has 0 atom stereocenters. The highest BCUT2D eigenvalue weighted by Crippen LogP contribution is 2.27. The van der Waals surface area contributed by atoms with E-state index < -0.39 is 0 Å². The van der Waals surface area contributed by atoms with Gasteiger partial charge < -0.3 is 15.1 Å². The molecule has 1 aliphatic rings. The van der Waals surface area contributed by atoms with E-state index in [-0.39, 0.29) is 5.56 Å². The smallest absolute Gasteiger partial charge is 0.284 e. The fourth-order valence-electron chi connectivity index (χ4n) is 5.51. The Bertz CT molecular complexity index is 1970. The van der Waals surface area contributed by atoms with Gasteiger partial charge >= 0.3 is 0 Å². The van der Waals surface area contributed by atoms with Crippen molar-refractivity contribution >= 4 is 44.9 Å². The van der Waals surface area contributed by atoms with Gasteiger partial charge in [-0.3, -0.25) is 4.79 Å². The van der Waals surface area contributed by atoms with E-state index in [0.717, 1.165) is 48.3 Å². The number of aromatic nitrogens is 6. The first-order valence-corrected chi connectivity index (χ1v) is 13.4. The third kappa shape index (κ3) is 3.95. The highest BCUT2D eigenvalue weighted by Gasteiger charge is 2.20. The lowest BCUT2D eigenvalue weighted by Crippen LogP contribution is -2.44. The zero-order valence-electron chi connectivity index (χ0n) is 22.7. The second kappa shape index (κ2) is 9.42. The highest BCUT2D eigenvalue weighted by atomic mass is 16.1. The number of hydrogen-bond acceptors (Lipinski definition) is 8. The van der Waals surface area contributed by atoms with Crippen molar-refractivity contribution in [1.29, 1.82) is 0 Å². The first kappa shape index (κ1) is 24.2. The lowest BCUT2D eigenvalue weighted by Gasteiger charge is -2.35. The van der Waals surface area contributed by atoms with Crippen molar-refractivity contribution in [1.82, 2.24) is 34.0 Å². The summed E-state index contributed by atoms with van der Waals surface area (Å²) in [7, 11) is 2.16. The van der Waals surface area contributed by atoms with Gasteiger partial charge in [0, 0.05) is 55.3 Å². The number of para-hydroxylation sites is 1. The Labute approximate surface area is 230 Å². The van der Waals surface area contributed by atoms with E-state index in [0.29, 0.717) is 28.4 Å². The molecule has 10 nitrogen and oxygen atoms in total. The molecule has 200 valence electrons. The van der Waals surface area contributed by atoms with Crippen molar-refractivity contribution in [2.75, 3.05) is 43.4 Å². The Hall–Kier alpha value is -4.83. The van der Waals surface area contributed by atoms with Gasteiger partial charge in [-0.2, -0.15) is 9.50 Å². The minimum absolute atomic E-state index is 0.250. The summed E-state index contributed by atoms with van der Waals surface area (Å²) in [5.74, 6) is 1.06. The van der Waals surface area contributed by atoms with Crippen molar-refractivity contribution < 1.29 is 0 Å². The van der Waals surface area contributed by atoms with Gasteiger partial charge in [-0.25, -0.2) is 19.6 Å². The number of nitrogens with zero attached hydrogens (tertiary/aromatic N) is 8. The van der Waals surface area contributed by atoms with Gasteiger partial charge in [-0.1, -0.05) is 18.2 Å². The lowest BCUT2D eigenvalue weighted by atomic mass is 10.1. The number of hydrogen-bond donors (Lipinski definition) is 1. The fourth-order valence-corrected chi connectivity index (χ4v) is 5.51. The van der Waals surface area contributed by atoms with E-state index in [1.807, 2.05) is 54.1 Å². The maximum Gasteiger partial charge on any atom is 0.284 e. The number of piperazine rings is 1. The van der Waals surface area contributed by atoms with E-state index in [1.165, 1.54) is 11.3 Å². The molecule has 1 fully saturated rings. The van der Waals surface area contributed by atoms with E-state index in [4.69, 9.17) is 4.98 Å². The van der Waals surface area contributed by atoms with Crippen LogP contribution in [0.25, 0.3) is 33.4 Å². The molecule has 5 heterocycles. The molecule has 0 amide bonds. The van der Waals surface area contributed by atoms with Crippen LogP contribution in [0.3, 0.4) is 0 Å². The van der Waals surface area contributed by atoms with Crippen LogP contribution >= 0.6 is 0 Å². The number of anilines is 3. The van der Waals surface area contributed by atoms with Crippen LogP contribution in [0.4, 0.5) is 17.3 Å². The topological polar surface area (TPSA) is 96.5 Å². The number of benzene rings is 2. The Balaban J connectivity index is 1.30. The summed E-state index contributed by atoms with van der Waals surface area (Å²) in [6, 6.07) is 18.0. The number of rotatable bonds is 4. The van der Waals surface area contributed by atoms with Crippen molar-refractivity contribution in [3.05, 3.63) is 88.5 Å². The second-order valence-electron chi connectivity index (χ2n) is 10.4. The van der Waals surface area contributed by atoms with Gasteiger partial charge in [0.2, 0.25) is 5.95 Å². The average molecular weight is 532 g/mol. The summed E-state index contributed by atoms with van der Waals surface area (Å²) in [4.78, 5) is 37.2. The summed E-state index contributed by atoms with van der Waals surface area (Å²) in [5.41, 5.74) is 5.72. The third-order valence-corrected chi connectivity index (χ3v) is 7.66. The molecule has 10 heteroatoms. The molecule has 0 spiro atoms. The summed E-state index contributed by atoms with van der Waals surface area (Å²) >= 11 is 0. The lowest BCUT2D eigenvalue weighted by molar-refractivity contribution is 0.312. The van der Waals surface area contributed by atoms with Crippen LogP contribution in [0.15, 0.2) is 71.8 Å². The van der Waals surface area contributed by atoms with Crippen LogP contribution < -0.4 is 15.8 Å². The van der Waals surface area contributed by atoms with Gasteiger partial charge in [-0.05, 0) is 68.4 Å². The van der Waals surface area contributed by atoms with Crippen LogP contribution in [-0.4, -0.2) is 67.3 Å². The summed E-state index contributed by atoms with van der Waals surface area (Å²) in [6.45, 7) is 8.25. The molecular weight excluding hydrogens is 502 g/mol. The van der Waals surface area contributed by atoms with Gasteiger partial charge in [0.25, 0.3) is 5.56 Å². The highest BCUT2D eigenvalue weighted by molar-refractivity contribution is 5.95. The SMILES string of the molecule is Cc1cc(Nc2ncc3c(=O)n4c(nc3n2)c2ccccc2n4-c2ncccc2C)ccc1N1CCN(C)CC1. The van der Waals surface area contributed by atoms with Gasteiger partial charge in [0.1, 0.15) is 5.39 Å². The molecule has 7 rings (SSSR count). The summed E-state index contributed by atoms with van der Waals surface area (Å²) < 4.78 is 3.39. The van der Waals surface area contributed by atoms with Crippen molar-refractivity contribution in [3.8, 4) is 5.82 Å². The molecule has 0 saturated carbocycles. The Morgan fingerprint density at radius 1 is 0.850 bits per heavy atom. The summed E-state index contributed by atoms with van der Waals surface area (Å²) in [5, 5.41) is 4.48. The molecule has 1 saturated heterocycles. The van der Waals surface area contributed by atoms with E-state index in [9.17, 15) is 4.79 Å². The van der Waals surface area contributed by atoms with Crippen LogP contribution in [0, 0.1) is 13.8 Å². The quantitative estimate of drug-likeness (QED) is 0.364. The molecule has 0 radical (unpaired) electrons. The molecule has 1 N–H and O–H groups in total. The fraction of sp³-hybridized carbons (Fsp3) is 0.233. The standard InChI is InChI=1S/C30H29N9O/c1-19-7-6-12-31-27(19)38-25-9-5-4-8-22(25)28-34-26-23(29(40)39(28)38)18-32-30(35-26)33-21-10-11-24(20(2)17-21)37-15-13-36(3)14-16-37/h4-12,17-18H,13-16H2,1-3H3,(H,32,33,35). The molecule has 0 aliphatic carbocycles. The zero-order valence-corrected chi connectivity index (χ0v) is 22.7. The van der Waals surface area contributed by atoms with Crippen molar-refractivity contribution in [2.45, 2.75) is 13.8 Å². The van der Waals surface area contributed by atoms with Crippen molar-refractivity contribution in [2.24, 2.45) is 0 Å². The Morgan fingerprint density at radius 2 is 1.68 bits per heavy atom. The third-order valence-electron chi connectivity index (χ3n) is 7.66. The second-order valence-corrected chi connectivity index (χ2v) is 10.4. The van der Waals surface area contributed by atoms with E-state index in [2.05, 4.69) is 56.2 Å². The Morgan fingerprint density at radius 3 is 2.48 bits per heavy atom. The molecule has 40 heavy (non-hydrogen) atoms. The zero-order chi connectivity index (χ0) is 27.4. The largest absolute Gasteiger partial charge is 0.369 e. The normalized spacial score (nSPS) is 14.4. The van der Waals surface area contributed by atoms with Crippen LogP contribution in [0.5, 0.6) is 0 Å². The molecule has 4 aromatic heterocycles. The van der Waals surface area contributed by atoms with E-state index in [1.54, 1.807) is 16.9 Å². The van der Waals surface area contributed by atoms with Gasteiger partial charge in [0.15, 0.2) is 17.1 Å². The average Bonchev–Trinajstić information content (AvgIpc) is 3.28. The first-order valence-electron chi connectivity index (χ1n) is 13.4. The molecule has 0 bridgehead atoms. The predicted molar refractivity (Wildman–Crippen MR) is 158 cm³/mol. The van der Waals surface area contributed by atoms with Crippen LogP contribution in [0.2, 0.25) is 0 Å². The molecule has 6 aromatic rings. The molecule has 0 unspecified atom stereocenters. The van der Waals surface area contributed by atoms with Gasteiger partial charge in [0.05, 0.1) is 5.52 Å². The minimum Gasteiger partial charge on any atom is -0.369 e. The monoisotopic (exact) mass is 531 g/mol.